The number of benzene rings is 1. The van der Waals surface area contributed by atoms with Crippen LogP contribution in [-0.4, -0.2) is 11.8 Å². The van der Waals surface area contributed by atoms with Gasteiger partial charge in [0.2, 0.25) is 0 Å². The molecule has 0 aromatic heterocycles. The topological polar surface area (TPSA) is 0 Å². The van der Waals surface area contributed by atoms with Crippen LogP contribution in [0.15, 0.2) is 18.2 Å². The summed E-state index contributed by atoms with van der Waals surface area (Å²) in [6.07, 6.45) is 0.450. The molecule has 0 aliphatic carbocycles. The lowest BCUT2D eigenvalue weighted by atomic mass is 9.87. The van der Waals surface area contributed by atoms with Crippen LogP contribution in [0.25, 0.3) is 0 Å². The lowest BCUT2D eigenvalue weighted by Crippen LogP contribution is -2.24. The number of rotatable bonds is 4. The molecule has 0 aliphatic heterocycles. The molecule has 1 aromatic rings. The zero-order valence-electron chi connectivity index (χ0n) is 8.37. The summed E-state index contributed by atoms with van der Waals surface area (Å²) in [7, 11) is 0. The van der Waals surface area contributed by atoms with Gasteiger partial charge >= 0.3 is 0 Å². The zero-order chi connectivity index (χ0) is 11.5. The van der Waals surface area contributed by atoms with Crippen LogP contribution in [0.5, 0.6) is 0 Å². The molecule has 15 heavy (non-hydrogen) atoms. The van der Waals surface area contributed by atoms with E-state index in [9.17, 15) is 4.39 Å². The first-order valence-corrected chi connectivity index (χ1v) is 6.02. The van der Waals surface area contributed by atoms with Gasteiger partial charge in [-0.15, -0.1) is 23.2 Å². The third-order valence-electron chi connectivity index (χ3n) is 2.31. The Morgan fingerprint density at radius 1 is 1.27 bits per heavy atom. The minimum atomic E-state index is -0.324. The molecule has 0 N–H and O–H groups in total. The van der Waals surface area contributed by atoms with Gasteiger partial charge in [0.1, 0.15) is 5.82 Å². The summed E-state index contributed by atoms with van der Waals surface area (Å²) in [6, 6.07) is 4.65. The van der Waals surface area contributed by atoms with E-state index in [0.717, 1.165) is 0 Å². The highest BCUT2D eigenvalue weighted by atomic mass is 35.5. The quantitative estimate of drug-likeness (QED) is 0.706. The van der Waals surface area contributed by atoms with Crippen molar-refractivity contribution in [3.8, 4) is 0 Å². The van der Waals surface area contributed by atoms with Gasteiger partial charge in [-0.2, -0.15) is 0 Å². The number of alkyl halides is 2. The van der Waals surface area contributed by atoms with Gasteiger partial charge in [0.25, 0.3) is 0 Å². The maximum atomic E-state index is 13.5. The average Bonchev–Trinajstić information content (AvgIpc) is 2.23. The van der Waals surface area contributed by atoms with Gasteiger partial charge in [0.15, 0.2) is 0 Å². The van der Waals surface area contributed by atoms with Crippen molar-refractivity contribution in [1.82, 2.24) is 0 Å². The molecule has 0 saturated carbocycles. The van der Waals surface area contributed by atoms with E-state index in [0.29, 0.717) is 28.8 Å². The Kier molecular flexibility index (Phi) is 4.69. The van der Waals surface area contributed by atoms with Crippen LogP contribution >= 0.6 is 34.8 Å². The van der Waals surface area contributed by atoms with E-state index in [2.05, 4.69) is 0 Å². The van der Waals surface area contributed by atoms with Crippen LogP contribution in [0, 0.1) is 11.2 Å². The molecule has 1 aromatic carbocycles. The minimum Gasteiger partial charge on any atom is -0.207 e. The Balaban J connectivity index is 2.98. The molecule has 0 saturated heterocycles. The third kappa shape index (κ3) is 3.24. The van der Waals surface area contributed by atoms with Crippen molar-refractivity contribution in [3.05, 3.63) is 34.6 Å². The van der Waals surface area contributed by atoms with E-state index >= 15 is 0 Å². The van der Waals surface area contributed by atoms with Gasteiger partial charge in [-0.1, -0.05) is 24.6 Å². The Hall–Kier alpha value is 0.0200. The Morgan fingerprint density at radius 3 is 2.33 bits per heavy atom. The normalized spacial score (nSPS) is 11.8. The SMILES string of the molecule is CC(CCl)(CCl)Cc1c(F)cccc1Cl. The summed E-state index contributed by atoms with van der Waals surface area (Å²) < 4.78 is 13.5. The van der Waals surface area contributed by atoms with Gasteiger partial charge in [-0.3, -0.25) is 0 Å². The molecule has 0 bridgehead atoms. The molecule has 0 nitrogen and oxygen atoms in total. The predicted molar refractivity (Wildman–Crippen MR) is 64.7 cm³/mol. The third-order valence-corrected chi connectivity index (χ3v) is 3.96. The number of halogens is 4. The van der Waals surface area contributed by atoms with Gasteiger partial charge < -0.3 is 0 Å². The Labute approximate surface area is 104 Å². The van der Waals surface area contributed by atoms with Crippen LogP contribution in [0.3, 0.4) is 0 Å². The zero-order valence-corrected chi connectivity index (χ0v) is 10.6. The summed E-state index contributed by atoms with van der Waals surface area (Å²) >= 11 is 17.6. The van der Waals surface area contributed by atoms with Crippen LogP contribution < -0.4 is 0 Å². The Bertz CT molecular complexity index is 314. The highest BCUT2D eigenvalue weighted by molar-refractivity contribution is 6.31. The fourth-order valence-corrected chi connectivity index (χ4v) is 1.96. The summed E-state index contributed by atoms with van der Waals surface area (Å²) in [4.78, 5) is 0. The monoisotopic (exact) mass is 268 g/mol. The first-order valence-electron chi connectivity index (χ1n) is 4.57. The first kappa shape index (κ1) is 13.1. The lowest BCUT2D eigenvalue weighted by molar-refractivity contribution is 0.415. The van der Waals surface area contributed by atoms with Crippen molar-refractivity contribution < 1.29 is 4.39 Å². The Morgan fingerprint density at radius 2 is 1.87 bits per heavy atom. The second-order valence-electron chi connectivity index (χ2n) is 3.95. The van der Waals surface area contributed by atoms with E-state index in [1.165, 1.54) is 6.07 Å². The second kappa shape index (κ2) is 5.38. The van der Waals surface area contributed by atoms with E-state index in [-0.39, 0.29) is 11.2 Å². The summed E-state index contributed by atoms with van der Waals surface area (Å²) in [5.74, 6) is 0.450. The van der Waals surface area contributed by atoms with Gasteiger partial charge in [-0.25, -0.2) is 4.39 Å². The molecule has 84 valence electrons. The predicted octanol–water partition coefficient (Wildman–Crippen LogP) is 4.51. The van der Waals surface area contributed by atoms with E-state index in [4.69, 9.17) is 34.8 Å². The lowest BCUT2D eigenvalue weighted by Gasteiger charge is -2.24. The van der Waals surface area contributed by atoms with Crippen molar-refractivity contribution >= 4 is 34.8 Å². The van der Waals surface area contributed by atoms with Crippen LogP contribution in [0.1, 0.15) is 12.5 Å². The van der Waals surface area contributed by atoms with Crippen molar-refractivity contribution in [3.63, 3.8) is 0 Å². The largest absolute Gasteiger partial charge is 0.207 e. The van der Waals surface area contributed by atoms with Gasteiger partial charge in [-0.05, 0) is 24.0 Å². The van der Waals surface area contributed by atoms with Crippen LogP contribution in [0.2, 0.25) is 5.02 Å². The number of hydrogen-bond donors (Lipinski definition) is 0. The van der Waals surface area contributed by atoms with Gasteiger partial charge in [0, 0.05) is 22.3 Å². The minimum absolute atomic E-state index is 0.302. The molecule has 0 unspecified atom stereocenters. The van der Waals surface area contributed by atoms with E-state index in [1.807, 2.05) is 6.92 Å². The van der Waals surface area contributed by atoms with E-state index in [1.54, 1.807) is 12.1 Å². The van der Waals surface area contributed by atoms with Crippen LogP contribution in [0.4, 0.5) is 4.39 Å². The molecule has 0 amide bonds. The molecule has 1 rings (SSSR count). The second-order valence-corrected chi connectivity index (χ2v) is 4.90. The van der Waals surface area contributed by atoms with Crippen molar-refractivity contribution in [1.29, 1.82) is 0 Å². The maximum absolute atomic E-state index is 13.5. The molecule has 0 atom stereocenters. The molecule has 0 heterocycles. The standard InChI is InChI=1S/C11H12Cl3F/c1-11(6-12,7-13)5-8-9(14)3-2-4-10(8)15/h2-4H,5-7H2,1H3. The fraction of sp³-hybridized carbons (Fsp3) is 0.455. The maximum Gasteiger partial charge on any atom is 0.127 e. The smallest absolute Gasteiger partial charge is 0.127 e. The summed E-state index contributed by atoms with van der Waals surface area (Å²) in [5, 5.41) is 0.427. The highest BCUT2D eigenvalue weighted by Gasteiger charge is 2.25. The fourth-order valence-electron chi connectivity index (χ4n) is 1.26. The van der Waals surface area contributed by atoms with Gasteiger partial charge in [0.05, 0.1) is 0 Å². The highest BCUT2D eigenvalue weighted by Crippen LogP contribution is 2.30. The molecule has 0 fully saturated rings. The molecule has 0 aliphatic rings. The van der Waals surface area contributed by atoms with Crippen molar-refractivity contribution in [2.24, 2.45) is 5.41 Å². The summed E-state index contributed by atoms with van der Waals surface area (Å²) in [5.41, 5.74) is 0.164. The van der Waals surface area contributed by atoms with Crippen molar-refractivity contribution in [2.75, 3.05) is 11.8 Å². The molecular formula is C11H12Cl3F. The average molecular weight is 270 g/mol. The van der Waals surface area contributed by atoms with E-state index < -0.39 is 0 Å². The molecule has 0 spiro atoms. The van der Waals surface area contributed by atoms with Crippen molar-refractivity contribution in [2.45, 2.75) is 13.3 Å². The molecule has 4 heteroatoms. The first-order chi connectivity index (χ1) is 7.02. The molecule has 0 radical (unpaired) electrons. The number of hydrogen-bond acceptors (Lipinski definition) is 0. The van der Waals surface area contributed by atoms with Crippen LogP contribution in [-0.2, 0) is 6.42 Å². The molecular weight excluding hydrogens is 257 g/mol. The summed E-state index contributed by atoms with van der Waals surface area (Å²) in [6.45, 7) is 1.91.